The van der Waals surface area contributed by atoms with E-state index >= 15 is 0 Å². The highest BCUT2D eigenvalue weighted by atomic mass is 19.1. The molecule has 2 aromatic carbocycles. The predicted molar refractivity (Wildman–Crippen MR) is 124 cm³/mol. The summed E-state index contributed by atoms with van der Waals surface area (Å²) in [6.45, 7) is 1.73. The van der Waals surface area contributed by atoms with Crippen molar-refractivity contribution in [3.05, 3.63) is 87.4 Å². The highest BCUT2D eigenvalue weighted by Crippen LogP contribution is 2.24. The molecule has 0 saturated carbocycles. The number of aromatic amines is 2. The van der Waals surface area contributed by atoms with Gasteiger partial charge in [0.15, 0.2) is 0 Å². The van der Waals surface area contributed by atoms with Gasteiger partial charge in [0.2, 0.25) is 5.91 Å². The number of carbonyl (C=O) groups is 1. The standard InChI is InChI=1S/C24H22FN5O3/c25-17-6-8-18(9-7-17)28-10-12-29(13-11-28)20(31)15-30-23(32)22-21(27-24(30)33)19(14-26-22)16-4-2-1-3-5-16/h1-9,14,26H,10-13,15H2,(H,27,33). The summed E-state index contributed by atoms with van der Waals surface area (Å²) < 4.78 is 14.1. The van der Waals surface area contributed by atoms with Gasteiger partial charge in [0, 0.05) is 43.6 Å². The van der Waals surface area contributed by atoms with Crippen molar-refractivity contribution in [2.45, 2.75) is 6.54 Å². The predicted octanol–water partition coefficient (Wildman–Crippen LogP) is 2.17. The third-order valence-electron chi connectivity index (χ3n) is 6.02. The summed E-state index contributed by atoms with van der Waals surface area (Å²) in [5, 5.41) is 0. The Balaban J connectivity index is 1.33. The first-order valence-corrected chi connectivity index (χ1v) is 10.7. The number of nitrogens with one attached hydrogen (secondary N) is 2. The van der Waals surface area contributed by atoms with Crippen molar-refractivity contribution in [1.82, 2.24) is 19.4 Å². The largest absolute Gasteiger partial charge is 0.368 e. The molecule has 0 aliphatic carbocycles. The number of fused-ring (bicyclic) bond motifs is 1. The molecule has 5 rings (SSSR count). The summed E-state index contributed by atoms with van der Waals surface area (Å²) in [6, 6.07) is 15.7. The van der Waals surface area contributed by atoms with Crippen LogP contribution in [-0.4, -0.2) is 51.5 Å². The zero-order chi connectivity index (χ0) is 22.9. The van der Waals surface area contributed by atoms with Crippen LogP contribution in [0.15, 0.2) is 70.4 Å². The van der Waals surface area contributed by atoms with Gasteiger partial charge in [-0.25, -0.2) is 13.8 Å². The summed E-state index contributed by atoms with van der Waals surface area (Å²) in [4.78, 5) is 47.9. The number of hydrogen-bond donors (Lipinski definition) is 2. The van der Waals surface area contributed by atoms with E-state index in [0.29, 0.717) is 31.7 Å². The normalized spacial score (nSPS) is 14.1. The Morgan fingerprint density at radius 3 is 2.30 bits per heavy atom. The number of anilines is 1. The van der Waals surface area contributed by atoms with Gasteiger partial charge in [0.25, 0.3) is 5.56 Å². The third kappa shape index (κ3) is 3.93. The lowest BCUT2D eigenvalue weighted by Gasteiger charge is -2.36. The minimum atomic E-state index is -0.623. The van der Waals surface area contributed by atoms with E-state index in [-0.39, 0.29) is 23.8 Å². The van der Waals surface area contributed by atoms with Crippen molar-refractivity contribution in [2.24, 2.45) is 0 Å². The molecule has 9 heteroatoms. The van der Waals surface area contributed by atoms with E-state index in [1.54, 1.807) is 23.2 Å². The topological polar surface area (TPSA) is 94.2 Å². The molecule has 0 spiro atoms. The number of rotatable bonds is 4. The van der Waals surface area contributed by atoms with Gasteiger partial charge in [0.1, 0.15) is 17.9 Å². The fraction of sp³-hybridized carbons (Fsp3) is 0.208. The molecule has 8 nitrogen and oxygen atoms in total. The maximum Gasteiger partial charge on any atom is 0.329 e. The van der Waals surface area contributed by atoms with Gasteiger partial charge in [-0.05, 0) is 29.8 Å². The molecule has 2 N–H and O–H groups in total. The lowest BCUT2D eigenvalue weighted by atomic mass is 10.1. The molecule has 2 aromatic heterocycles. The second-order valence-corrected chi connectivity index (χ2v) is 7.98. The molecule has 1 fully saturated rings. The summed E-state index contributed by atoms with van der Waals surface area (Å²) in [5.41, 5.74) is 2.00. The van der Waals surface area contributed by atoms with Crippen LogP contribution in [0.5, 0.6) is 0 Å². The first-order chi connectivity index (χ1) is 16.0. The smallest absolute Gasteiger partial charge is 0.329 e. The van der Waals surface area contributed by atoms with E-state index < -0.39 is 11.2 Å². The molecule has 1 saturated heterocycles. The first kappa shape index (κ1) is 20.7. The first-order valence-electron chi connectivity index (χ1n) is 10.7. The summed E-state index contributed by atoms with van der Waals surface area (Å²) in [6.07, 6.45) is 1.68. The zero-order valence-electron chi connectivity index (χ0n) is 17.8. The van der Waals surface area contributed by atoms with Crippen LogP contribution >= 0.6 is 0 Å². The van der Waals surface area contributed by atoms with Gasteiger partial charge < -0.3 is 19.8 Å². The fourth-order valence-corrected chi connectivity index (χ4v) is 4.21. The quantitative estimate of drug-likeness (QED) is 0.501. The van der Waals surface area contributed by atoms with Crippen molar-refractivity contribution < 1.29 is 9.18 Å². The van der Waals surface area contributed by atoms with Crippen molar-refractivity contribution in [2.75, 3.05) is 31.1 Å². The minimum absolute atomic E-state index is 0.252. The number of halogens is 1. The van der Waals surface area contributed by atoms with Gasteiger partial charge in [-0.2, -0.15) is 0 Å². The highest BCUT2D eigenvalue weighted by molar-refractivity contribution is 5.91. The molecule has 0 radical (unpaired) electrons. The van der Waals surface area contributed by atoms with Crippen LogP contribution in [0, 0.1) is 5.82 Å². The molecule has 0 bridgehead atoms. The molecular formula is C24H22FN5O3. The molecule has 0 atom stereocenters. The van der Waals surface area contributed by atoms with Gasteiger partial charge in [-0.3, -0.25) is 9.59 Å². The third-order valence-corrected chi connectivity index (χ3v) is 6.02. The maximum absolute atomic E-state index is 13.1. The van der Waals surface area contributed by atoms with Crippen molar-refractivity contribution >= 4 is 22.6 Å². The number of hydrogen-bond acceptors (Lipinski definition) is 4. The van der Waals surface area contributed by atoms with Gasteiger partial charge >= 0.3 is 5.69 Å². The monoisotopic (exact) mass is 447 g/mol. The SMILES string of the molecule is O=C(Cn1c(=O)[nH]c2c(-c3ccccc3)c[nH]c2c1=O)N1CCN(c2ccc(F)cc2)CC1. The van der Waals surface area contributed by atoms with Crippen LogP contribution in [0.2, 0.25) is 0 Å². The van der Waals surface area contributed by atoms with Crippen molar-refractivity contribution in [3.63, 3.8) is 0 Å². The molecule has 3 heterocycles. The van der Waals surface area contributed by atoms with Crippen LogP contribution in [-0.2, 0) is 11.3 Å². The van der Waals surface area contributed by atoms with Crippen LogP contribution in [0.4, 0.5) is 10.1 Å². The number of amides is 1. The zero-order valence-corrected chi connectivity index (χ0v) is 17.8. The summed E-state index contributed by atoms with van der Waals surface area (Å²) in [5.74, 6) is -0.589. The Bertz CT molecular complexity index is 1410. The number of piperazine rings is 1. The maximum atomic E-state index is 13.1. The Morgan fingerprint density at radius 2 is 1.61 bits per heavy atom. The van der Waals surface area contributed by atoms with Gasteiger partial charge in [-0.1, -0.05) is 30.3 Å². The average Bonchev–Trinajstić information content (AvgIpc) is 3.26. The number of H-pyrrole nitrogens is 2. The number of aromatic nitrogens is 3. The molecule has 168 valence electrons. The van der Waals surface area contributed by atoms with E-state index in [4.69, 9.17) is 0 Å². The van der Waals surface area contributed by atoms with Gasteiger partial charge in [0.05, 0.1) is 5.52 Å². The van der Waals surface area contributed by atoms with Crippen LogP contribution < -0.4 is 16.1 Å². The molecule has 0 unspecified atom stereocenters. The van der Waals surface area contributed by atoms with Crippen molar-refractivity contribution in [1.29, 1.82) is 0 Å². The number of carbonyl (C=O) groups excluding carboxylic acids is 1. The van der Waals surface area contributed by atoms with E-state index in [2.05, 4.69) is 14.9 Å². The Kier molecular flexibility index (Phi) is 5.29. The van der Waals surface area contributed by atoms with Crippen LogP contribution in [0.3, 0.4) is 0 Å². The van der Waals surface area contributed by atoms with Gasteiger partial charge in [-0.15, -0.1) is 0 Å². The highest BCUT2D eigenvalue weighted by Gasteiger charge is 2.23. The van der Waals surface area contributed by atoms with Crippen LogP contribution in [0.1, 0.15) is 0 Å². The number of benzene rings is 2. The Labute approximate surface area is 187 Å². The minimum Gasteiger partial charge on any atom is -0.368 e. The fourth-order valence-electron chi connectivity index (χ4n) is 4.21. The van der Waals surface area contributed by atoms with Crippen LogP contribution in [0.25, 0.3) is 22.2 Å². The lowest BCUT2D eigenvalue weighted by Crippen LogP contribution is -2.51. The molecule has 1 aliphatic heterocycles. The van der Waals surface area contributed by atoms with E-state index in [0.717, 1.165) is 21.4 Å². The molecule has 1 aliphatic rings. The second-order valence-electron chi connectivity index (χ2n) is 7.98. The average molecular weight is 447 g/mol. The molecular weight excluding hydrogens is 425 g/mol. The van der Waals surface area contributed by atoms with E-state index in [1.807, 2.05) is 30.3 Å². The lowest BCUT2D eigenvalue weighted by molar-refractivity contribution is -0.132. The van der Waals surface area contributed by atoms with E-state index in [1.165, 1.54) is 12.1 Å². The number of nitrogens with zero attached hydrogens (tertiary/aromatic N) is 3. The molecule has 4 aromatic rings. The Hall–Kier alpha value is -4.14. The molecule has 1 amide bonds. The molecule has 33 heavy (non-hydrogen) atoms. The second kappa shape index (κ2) is 8.42. The van der Waals surface area contributed by atoms with Crippen molar-refractivity contribution in [3.8, 4) is 11.1 Å². The summed E-state index contributed by atoms with van der Waals surface area (Å²) >= 11 is 0. The summed E-state index contributed by atoms with van der Waals surface area (Å²) in [7, 11) is 0. The van der Waals surface area contributed by atoms with E-state index in [9.17, 15) is 18.8 Å². The Morgan fingerprint density at radius 1 is 0.909 bits per heavy atom.